The average molecular weight is 345 g/mol. The first-order valence-electron chi connectivity index (χ1n) is 5.53. The zero-order valence-corrected chi connectivity index (χ0v) is 11.5. The summed E-state index contributed by atoms with van der Waals surface area (Å²) in [6.45, 7) is 0. The summed E-state index contributed by atoms with van der Waals surface area (Å²) < 4.78 is 44.6. The van der Waals surface area contributed by atoms with Crippen LogP contribution in [0.5, 0.6) is 5.75 Å². The van der Waals surface area contributed by atoms with E-state index >= 15 is 0 Å². The normalized spacial score (nSPS) is 12.0. The number of alkyl halides is 1. The quantitative estimate of drug-likeness (QED) is 0.616. The van der Waals surface area contributed by atoms with Gasteiger partial charge in [0, 0.05) is 6.07 Å². The van der Waals surface area contributed by atoms with Crippen molar-refractivity contribution in [3.8, 4) is 5.75 Å². The molecule has 20 heavy (non-hydrogen) atoms. The number of halogens is 4. The molecule has 0 aromatic heterocycles. The highest BCUT2D eigenvalue weighted by Gasteiger charge is 2.22. The first kappa shape index (κ1) is 14.6. The molecule has 2 nitrogen and oxygen atoms in total. The van der Waals surface area contributed by atoms with Gasteiger partial charge in [-0.15, -0.1) is 0 Å². The Hall–Kier alpha value is -1.82. The Bertz CT molecular complexity index is 646. The Kier molecular flexibility index (Phi) is 4.44. The Morgan fingerprint density at radius 3 is 2.40 bits per heavy atom. The van der Waals surface area contributed by atoms with Gasteiger partial charge in [0.25, 0.3) is 0 Å². The molecule has 0 amide bonds. The summed E-state index contributed by atoms with van der Waals surface area (Å²) in [7, 11) is 0. The van der Waals surface area contributed by atoms with Gasteiger partial charge in [0.15, 0.2) is 11.6 Å². The van der Waals surface area contributed by atoms with E-state index in [0.717, 1.165) is 18.2 Å². The number of hydrogen-bond acceptors (Lipinski definition) is 2. The SMILES string of the molecule is O=C(c1ccccc1F)C(Br)Oc1ccc(F)cc1F. The van der Waals surface area contributed by atoms with Gasteiger partial charge >= 0.3 is 0 Å². The van der Waals surface area contributed by atoms with Crippen molar-refractivity contribution in [1.82, 2.24) is 0 Å². The molecule has 1 unspecified atom stereocenters. The van der Waals surface area contributed by atoms with Crippen LogP contribution < -0.4 is 4.74 Å². The number of carbonyl (C=O) groups excluding carboxylic acids is 1. The lowest BCUT2D eigenvalue weighted by Gasteiger charge is -2.13. The zero-order chi connectivity index (χ0) is 14.7. The molecule has 104 valence electrons. The van der Waals surface area contributed by atoms with Gasteiger partial charge in [-0.1, -0.05) is 12.1 Å². The minimum atomic E-state index is -1.28. The molecule has 0 spiro atoms. The van der Waals surface area contributed by atoms with Crippen molar-refractivity contribution >= 4 is 21.7 Å². The summed E-state index contributed by atoms with van der Waals surface area (Å²) in [6, 6.07) is 8.02. The van der Waals surface area contributed by atoms with Crippen LogP contribution in [-0.4, -0.2) is 10.8 Å². The zero-order valence-electron chi connectivity index (χ0n) is 9.95. The second-order valence-electron chi connectivity index (χ2n) is 3.85. The maximum Gasteiger partial charge on any atom is 0.217 e. The van der Waals surface area contributed by atoms with Crippen LogP contribution in [0.2, 0.25) is 0 Å². The van der Waals surface area contributed by atoms with Crippen LogP contribution in [0.3, 0.4) is 0 Å². The van der Waals surface area contributed by atoms with Crippen molar-refractivity contribution in [3.63, 3.8) is 0 Å². The van der Waals surface area contributed by atoms with Crippen molar-refractivity contribution in [2.45, 2.75) is 5.01 Å². The van der Waals surface area contributed by atoms with Crippen molar-refractivity contribution in [3.05, 3.63) is 65.5 Å². The van der Waals surface area contributed by atoms with Crippen LogP contribution in [0.4, 0.5) is 13.2 Å². The van der Waals surface area contributed by atoms with Crippen LogP contribution in [0.15, 0.2) is 42.5 Å². The van der Waals surface area contributed by atoms with Gasteiger partial charge < -0.3 is 4.74 Å². The lowest BCUT2D eigenvalue weighted by molar-refractivity contribution is 0.0890. The smallest absolute Gasteiger partial charge is 0.217 e. The Balaban J connectivity index is 2.18. The minimum absolute atomic E-state index is 0.183. The molecule has 2 aromatic carbocycles. The van der Waals surface area contributed by atoms with Crippen LogP contribution in [0.25, 0.3) is 0 Å². The van der Waals surface area contributed by atoms with Crippen LogP contribution in [-0.2, 0) is 0 Å². The molecule has 0 aliphatic heterocycles. The topological polar surface area (TPSA) is 26.3 Å². The van der Waals surface area contributed by atoms with E-state index in [-0.39, 0.29) is 11.3 Å². The maximum absolute atomic E-state index is 13.5. The third-order valence-electron chi connectivity index (χ3n) is 2.47. The van der Waals surface area contributed by atoms with Crippen molar-refractivity contribution in [1.29, 1.82) is 0 Å². The van der Waals surface area contributed by atoms with Gasteiger partial charge in [-0.2, -0.15) is 0 Å². The van der Waals surface area contributed by atoms with E-state index in [0.29, 0.717) is 6.07 Å². The highest BCUT2D eigenvalue weighted by atomic mass is 79.9. The summed E-state index contributed by atoms with van der Waals surface area (Å²) in [5.41, 5.74) is -0.183. The van der Waals surface area contributed by atoms with Crippen LogP contribution in [0, 0.1) is 17.5 Å². The first-order chi connectivity index (χ1) is 9.49. The third-order valence-corrected chi connectivity index (χ3v) is 3.07. The molecule has 0 saturated carbocycles. The van der Waals surface area contributed by atoms with Gasteiger partial charge in [-0.25, -0.2) is 13.2 Å². The standard InChI is InChI=1S/C14H8BrF3O2/c15-14(13(19)9-3-1-2-4-10(9)17)20-12-6-5-8(16)7-11(12)18/h1-7,14H. The van der Waals surface area contributed by atoms with Crippen LogP contribution in [0.1, 0.15) is 10.4 Å². The highest BCUT2D eigenvalue weighted by Crippen LogP contribution is 2.22. The van der Waals surface area contributed by atoms with E-state index in [4.69, 9.17) is 4.74 Å². The fourth-order valence-corrected chi connectivity index (χ4v) is 1.97. The number of benzene rings is 2. The van der Waals surface area contributed by atoms with Crippen molar-refractivity contribution < 1.29 is 22.7 Å². The predicted octanol–water partition coefficient (Wildman–Crippen LogP) is 4.09. The molecule has 0 bridgehead atoms. The molecular weight excluding hydrogens is 337 g/mol. The molecular formula is C14H8BrF3O2. The molecule has 0 N–H and O–H groups in total. The number of ketones is 1. The lowest BCUT2D eigenvalue weighted by atomic mass is 10.1. The summed E-state index contributed by atoms with van der Waals surface area (Å²) in [5, 5.41) is -1.28. The predicted molar refractivity (Wildman–Crippen MR) is 70.4 cm³/mol. The maximum atomic E-state index is 13.5. The average Bonchev–Trinajstić information content (AvgIpc) is 2.41. The molecule has 0 aliphatic rings. The van der Waals surface area contributed by atoms with E-state index in [9.17, 15) is 18.0 Å². The third kappa shape index (κ3) is 3.19. The summed E-state index contributed by atoms with van der Waals surface area (Å²) in [5.74, 6) is -3.42. The Labute approximate surface area is 121 Å². The molecule has 0 radical (unpaired) electrons. The van der Waals surface area contributed by atoms with Gasteiger partial charge in [-0.05, 0) is 40.2 Å². The molecule has 0 saturated heterocycles. The minimum Gasteiger partial charge on any atom is -0.468 e. The van der Waals surface area contributed by atoms with E-state index in [1.165, 1.54) is 18.2 Å². The van der Waals surface area contributed by atoms with Crippen molar-refractivity contribution in [2.75, 3.05) is 0 Å². The second-order valence-corrected chi connectivity index (χ2v) is 4.68. The number of ether oxygens (including phenoxy) is 1. The second kappa shape index (κ2) is 6.09. The molecule has 6 heteroatoms. The van der Waals surface area contributed by atoms with Gasteiger partial charge in [-0.3, -0.25) is 4.79 Å². The molecule has 2 rings (SSSR count). The van der Waals surface area contributed by atoms with Crippen molar-refractivity contribution in [2.24, 2.45) is 0 Å². The van der Waals surface area contributed by atoms with E-state index in [1.807, 2.05) is 0 Å². The Morgan fingerprint density at radius 1 is 1.05 bits per heavy atom. The van der Waals surface area contributed by atoms with E-state index in [1.54, 1.807) is 0 Å². The number of rotatable bonds is 4. The molecule has 1 atom stereocenters. The summed E-state index contributed by atoms with van der Waals surface area (Å²) >= 11 is 2.90. The molecule has 2 aromatic rings. The van der Waals surface area contributed by atoms with E-state index in [2.05, 4.69) is 15.9 Å². The highest BCUT2D eigenvalue weighted by molar-refractivity contribution is 9.09. The summed E-state index contributed by atoms with van der Waals surface area (Å²) in [6.07, 6.45) is 0. The fraction of sp³-hybridized carbons (Fsp3) is 0.0714. The fourth-order valence-electron chi connectivity index (χ4n) is 1.52. The van der Waals surface area contributed by atoms with Crippen LogP contribution >= 0.6 is 15.9 Å². The van der Waals surface area contributed by atoms with E-state index < -0.39 is 28.2 Å². The Morgan fingerprint density at radius 2 is 1.75 bits per heavy atom. The number of carbonyl (C=O) groups is 1. The van der Waals surface area contributed by atoms with Gasteiger partial charge in [0.2, 0.25) is 10.8 Å². The largest absolute Gasteiger partial charge is 0.468 e. The number of Topliss-reactive ketones (excluding diaryl/α,β-unsaturated/α-hetero) is 1. The molecule has 0 fully saturated rings. The number of hydrogen-bond donors (Lipinski definition) is 0. The monoisotopic (exact) mass is 344 g/mol. The first-order valence-corrected chi connectivity index (χ1v) is 6.45. The lowest BCUT2D eigenvalue weighted by Crippen LogP contribution is -2.22. The molecule has 0 heterocycles. The van der Waals surface area contributed by atoms with Gasteiger partial charge in [0.05, 0.1) is 5.56 Å². The summed E-state index contributed by atoms with van der Waals surface area (Å²) in [4.78, 5) is 11.9. The molecule has 0 aliphatic carbocycles. The van der Waals surface area contributed by atoms with Gasteiger partial charge in [0.1, 0.15) is 11.6 Å².